The number of nitrogens with one attached hydrogen (secondary N) is 1. The lowest BCUT2D eigenvalue weighted by Gasteiger charge is -2.26. The van der Waals surface area contributed by atoms with Crippen molar-refractivity contribution >= 4 is 0 Å². The minimum atomic E-state index is 0.482. The van der Waals surface area contributed by atoms with Gasteiger partial charge in [0.2, 0.25) is 0 Å². The summed E-state index contributed by atoms with van der Waals surface area (Å²) in [5, 5.41) is 3.73. The molecule has 0 aliphatic heterocycles. The number of aryl methyl sites for hydroxylation is 1. The molecule has 0 saturated heterocycles. The molecule has 0 aliphatic carbocycles. The maximum atomic E-state index is 3.73. The summed E-state index contributed by atoms with van der Waals surface area (Å²) >= 11 is 0. The Hall–Kier alpha value is -1.60. The molecule has 0 aromatic heterocycles. The average molecular weight is 281 g/mol. The predicted molar refractivity (Wildman–Crippen MR) is 91.8 cm³/mol. The van der Waals surface area contributed by atoms with Gasteiger partial charge >= 0.3 is 0 Å². The van der Waals surface area contributed by atoms with Gasteiger partial charge in [-0.2, -0.15) is 0 Å². The third-order valence-corrected chi connectivity index (χ3v) is 4.16. The fraction of sp³-hybridized carbons (Fsp3) is 0.400. The van der Waals surface area contributed by atoms with Gasteiger partial charge in [0, 0.05) is 6.04 Å². The second-order valence-corrected chi connectivity index (χ2v) is 5.95. The van der Waals surface area contributed by atoms with Crippen molar-refractivity contribution in [3.8, 4) is 0 Å². The van der Waals surface area contributed by atoms with Crippen LogP contribution in [0, 0.1) is 6.92 Å². The largest absolute Gasteiger partial charge is 0.313 e. The van der Waals surface area contributed by atoms with E-state index >= 15 is 0 Å². The van der Waals surface area contributed by atoms with Crippen molar-refractivity contribution in [2.24, 2.45) is 0 Å². The van der Waals surface area contributed by atoms with Crippen LogP contribution in [0.5, 0.6) is 0 Å². The van der Waals surface area contributed by atoms with E-state index in [1.54, 1.807) is 0 Å². The summed E-state index contributed by atoms with van der Waals surface area (Å²) in [6.45, 7) is 7.77. The summed E-state index contributed by atoms with van der Waals surface area (Å²) in [5.41, 5.74) is 4.16. The van der Waals surface area contributed by atoms with Crippen LogP contribution < -0.4 is 5.32 Å². The van der Waals surface area contributed by atoms with Crippen molar-refractivity contribution in [1.82, 2.24) is 5.32 Å². The van der Waals surface area contributed by atoms with Crippen molar-refractivity contribution in [3.05, 3.63) is 71.3 Å². The van der Waals surface area contributed by atoms with Crippen LogP contribution in [0.3, 0.4) is 0 Å². The van der Waals surface area contributed by atoms with Crippen molar-refractivity contribution in [1.29, 1.82) is 0 Å². The van der Waals surface area contributed by atoms with Crippen molar-refractivity contribution < 1.29 is 0 Å². The molecular weight excluding hydrogens is 254 g/mol. The van der Waals surface area contributed by atoms with E-state index in [9.17, 15) is 0 Å². The van der Waals surface area contributed by atoms with Gasteiger partial charge in [-0.1, -0.05) is 74.0 Å². The van der Waals surface area contributed by atoms with Crippen molar-refractivity contribution in [2.45, 2.75) is 45.6 Å². The van der Waals surface area contributed by atoms with Gasteiger partial charge in [-0.15, -0.1) is 0 Å². The molecule has 0 spiro atoms. The zero-order chi connectivity index (χ0) is 15.1. The molecular formula is C20H27N. The first-order chi connectivity index (χ1) is 10.2. The van der Waals surface area contributed by atoms with Gasteiger partial charge in [0.25, 0.3) is 0 Å². The molecule has 0 heterocycles. The molecule has 112 valence electrons. The van der Waals surface area contributed by atoms with Crippen LogP contribution in [0.1, 0.15) is 42.9 Å². The van der Waals surface area contributed by atoms with Crippen LogP contribution >= 0.6 is 0 Å². The Balaban J connectivity index is 2.11. The number of benzene rings is 2. The first kappa shape index (κ1) is 15.8. The molecule has 0 bridgehead atoms. The molecule has 1 N–H and O–H groups in total. The van der Waals surface area contributed by atoms with Gasteiger partial charge < -0.3 is 5.32 Å². The second-order valence-electron chi connectivity index (χ2n) is 5.95. The van der Waals surface area contributed by atoms with Crippen molar-refractivity contribution in [3.63, 3.8) is 0 Å². The fourth-order valence-electron chi connectivity index (χ4n) is 2.72. The Bertz CT molecular complexity index is 515. The first-order valence-electron chi connectivity index (χ1n) is 8.04. The topological polar surface area (TPSA) is 12.0 Å². The molecule has 2 unspecified atom stereocenters. The van der Waals surface area contributed by atoms with Crippen molar-refractivity contribution in [2.75, 3.05) is 6.54 Å². The Morgan fingerprint density at radius 3 is 2.24 bits per heavy atom. The van der Waals surface area contributed by atoms with E-state index in [2.05, 4.69) is 80.7 Å². The maximum absolute atomic E-state index is 3.73. The highest BCUT2D eigenvalue weighted by Crippen LogP contribution is 2.22. The molecule has 0 amide bonds. The van der Waals surface area contributed by atoms with Crippen LogP contribution in [0.15, 0.2) is 54.6 Å². The van der Waals surface area contributed by atoms with Gasteiger partial charge in [-0.3, -0.25) is 0 Å². The molecule has 1 heteroatoms. The molecule has 0 radical (unpaired) electrons. The molecule has 0 saturated carbocycles. The van der Waals surface area contributed by atoms with Crippen LogP contribution in [0.4, 0.5) is 0 Å². The summed E-state index contributed by atoms with van der Waals surface area (Å²) in [4.78, 5) is 0. The lowest BCUT2D eigenvalue weighted by molar-refractivity contribution is 0.447. The van der Waals surface area contributed by atoms with Gasteiger partial charge in [-0.25, -0.2) is 0 Å². The quantitative estimate of drug-likeness (QED) is 0.775. The lowest BCUT2D eigenvalue weighted by Crippen LogP contribution is -2.36. The molecule has 2 aromatic rings. The van der Waals surface area contributed by atoms with E-state index in [-0.39, 0.29) is 0 Å². The minimum absolute atomic E-state index is 0.482. The smallest absolute Gasteiger partial charge is 0.0173 e. The molecule has 2 aromatic carbocycles. The van der Waals surface area contributed by atoms with Gasteiger partial charge in [0.05, 0.1) is 0 Å². The molecule has 21 heavy (non-hydrogen) atoms. The van der Waals surface area contributed by atoms with Gasteiger partial charge in [0.15, 0.2) is 0 Å². The molecule has 1 nitrogen and oxygen atoms in total. The van der Waals surface area contributed by atoms with E-state index in [1.165, 1.54) is 23.1 Å². The Labute approximate surface area is 129 Å². The summed E-state index contributed by atoms with van der Waals surface area (Å²) in [6.07, 6.45) is 2.25. The van der Waals surface area contributed by atoms with E-state index in [4.69, 9.17) is 0 Å². The van der Waals surface area contributed by atoms with Crippen LogP contribution in [-0.4, -0.2) is 12.6 Å². The highest BCUT2D eigenvalue weighted by atomic mass is 14.9. The Morgan fingerprint density at radius 1 is 0.952 bits per heavy atom. The highest BCUT2D eigenvalue weighted by molar-refractivity contribution is 5.25. The van der Waals surface area contributed by atoms with Gasteiger partial charge in [-0.05, 0) is 43.4 Å². The summed E-state index contributed by atoms with van der Waals surface area (Å²) in [6, 6.07) is 20.2. The third-order valence-electron chi connectivity index (χ3n) is 4.16. The highest BCUT2D eigenvalue weighted by Gasteiger charge is 2.18. The molecule has 2 atom stereocenters. The Morgan fingerprint density at radius 2 is 1.62 bits per heavy atom. The Kier molecular flexibility index (Phi) is 6.01. The van der Waals surface area contributed by atoms with Gasteiger partial charge in [0.1, 0.15) is 0 Å². The van der Waals surface area contributed by atoms with E-state index in [0.29, 0.717) is 12.0 Å². The zero-order valence-corrected chi connectivity index (χ0v) is 13.5. The van der Waals surface area contributed by atoms with E-state index < -0.39 is 0 Å². The SMILES string of the molecule is CCCNC(Cc1ccc(C)cc1)C(C)c1ccccc1. The fourth-order valence-corrected chi connectivity index (χ4v) is 2.72. The first-order valence-corrected chi connectivity index (χ1v) is 8.04. The number of rotatable bonds is 7. The molecule has 0 fully saturated rings. The average Bonchev–Trinajstić information content (AvgIpc) is 2.53. The maximum Gasteiger partial charge on any atom is 0.0173 e. The monoisotopic (exact) mass is 281 g/mol. The molecule has 0 aliphatic rings. The minimum Gasteiger partial charge on any atom is -0.313 e. The van der Waals surface area contributed by atoms with E-state index in [1.807, 2.05) is 0 Å². The third kappa shape index (κ3) is 4.71. The summed E-state index contributed by atoms with van der Waals surface area (Å²) in [5.74, 6) is 0.513. The van der Waals surface area contributed by atoms with E-state index in [0.717, 1.165) is 13.0 Å². The standard InChI is InChI=1S/C20H27N/c1-4-14-21-20(15-18-12-10-16(2)11-13-18)17(3)19-8-6-5-7-9-19/h5-13,17,20-21H,4,14-15H2,1-3H3. The second kappa shape index (κ2) is 7.99. The number of hydrogen-bond donors (Lipinski definition) is 1. The lowest BCUT2D eigenvalue weighted by atomic mass is 9.89. The van der Waals surface area contributed by atoms with Crippen LogP contribution in [0.2, 0.25) is 0 Å². The summed E-state index contributed by atoms with van der Waals surface area (Å²) in [7, 11) is 0. The zero-order valence-electron chi connectivity index (χ0n) is 13.5. The molecule has 2 rings (SSSR count). The predicted octanol–water partition coefficient (Wildman–Crippen LogP) is 4.71. The number of hydrogen-bond acceptors (Lipinski definition) is 1. The normalized spacial score (nSPS) is 13.9. The van der Waals surface area contributed by atoms with Crippen LogP contribution in [-0.2, 0) is 6.42 Å². The van der Waals surface area contributed by atoms with Crippen LogP contribution in [0.25, 0.3) is 0 Å². The summed E-state index contributed by atoms with van der Waals surface area (Å²) < 4.78 is 0.